The van der Waals surface area contributed by atoms with Gasteiger partial charge in [0.2, 0.25) is 0 Å². The molecule has 2 aromatic rings. The Morgan fingerprint density at radius 1 is 1.10 bits per heavy atom. The van der Waals surface area contributed by atoms with Crippen molar-refractivity contribution in [3.8, 4) is 5.69 Å². The summed E-state index contributed by atoms with van der Waals surface area (Å²) in [5.74, 6) is -0.119. The number of nitrogens with zero attached hydrogens (tertiary/aromatic N) is 4. The summed E-state index contributed by atoms with van der Waals surface area (Å²) in [5, 5.41) is 8.55. The lowest BCUT2D eigenvalue weighted by Crippen LogP contribution is -2.30. The van der Waals surface area contributed by atoms with Gasteiger partial charge in [0.05, 0.1) is 23.5 Å². The first-order valence-corrected chi connectivity index (χ1v) is 11.2. The van der Waals surface area contributed by atoms with Gasteiger partial charge in [-0.05, 0) is 58.8 Å². The molecule has 170 valence electrons. The normalized spacial score (nSPS) is 15.8. The van der Waals surface area contributed by atoms with Gasteiger partial charge in [-0.25, -0.2) is 0 Å². The number of ether oxygens (including phenoxy) is 1. The van der Waals surface area contributed by atoms with Gasteiger partial charge < -0.3 is 4.74 Å². The Hall–Kier alpha value is -2.07. The zero-order chi connectivity index (χ0) is 22.6. The van der Waals surface area contributed by atoms with Crippen LogP contribution < -0.4 is 0 Å². The van der Waals surface area contributed by atoms with E-state index in [4.69, 9.17) is 4.74 Å². The number of carbonyl (C=O) groups is 1. The van der Waals surface area contributed by atoms with Crippen LogP contribution in [0.5, 0.6) is 0 Å². The number of para-hydroxylation sites is 1. The third kappa shape index (κ3) is 6.46. The minimum absolute atomic E-state index is 0.0429. The molecule has 1 aromatic carbocycles. The predicted octanol–water partition coefficient (Wildman–Crippen LogP) is 4.71. The Kier molecular flexibility index (Phi) is 7.31. The van der Waals surface area contributed by atoms with Crippen LogP contribution in [0, 0.1) is 0 Å². The first kappa shape index (κ1) is 23.6. The van der Waals surface area contributed by atoms with Crippen molar-refractivity contribution in [2.45, 2.75) is 63.5 Å². The van der Waals surface area contributed by atoms with E-state index in [9.17, 15) is 18.0 Å². The molecule has 10 heteroatoms. The topological polar surface area (TPSA) is 60.2 Å². The number of carbonyl (C=O) groups excluding carboxylic acids is 1. The Labute approximate surface area is 184 Å². The van der Waals surface area contributed by atoms with Crippen LogP contribution in [0.25, 0.3) is 5.69 Å². The Bertz CT molecular complexity index is 903. The highest BCUT2D eigenvalue weighted by Crippen LogP contribution is 2.36. The van der Waals surface area contributed by atoms with E-state index in [0.717, 1.165) is 50.2 Å². The van der Waals surface area contributed by atoms with E-state index in [1.165, 1.54) is 16.7 Å². The van der Waals surface area contributed by atoms with Crippen LogP contribution >= 0.6 is 11.8 Å². The van der Waals surface area contributed by atoms with Crippen LogP contribution in [0.1, 0.15) is 51.4 Å². The summed E-state index contributed by atoms with van der Waals surface area (Å²) in [6, 6.07) is 5.36. The first-order valence-electron chi connectivity index (χ1n) is 10.2. The average molecular weight is 457 g/mol. The number of aromatic nitrogens is 3. The van der Waals surface area contributed by atoms with Crippen molar-refractivity contribution in [1.29, 1.82) is 0 Å². The quantitative estimate of drug-likeness (QED) is 0.464. The SMILES string of the molecule is CC(C)(C)OC(=O)CSc1nnc(CN2CCCCC2)n1-c1ccccc1C(F)(F)F. The molecule has 2 heterocycles. The molecule has 0 atom stereocenters. The highest BCUT2D eigenvalue weighted by molar-refractivity contribution is 7.99. The molecule has 1 aliphatic rings. The van der Waals surface area contributed by atoms with E-state index in [1.54, 1.807) is 26.8 Å². The molecule has 1 aromatic heterocycles. The van der Waals surface area contributed by atoms with Crippen molar-refractivity contribution in [3.63, 3.8) is 0 Å². The van der Waals surface area contributed by atoms with Gasteiger partial charge in [0.15, 0.2) is 11.0 Å². The van der Waals surface area contributed by atoms with E-state index in [0.29, 0.717) is 12.4 Å². The average Bonchev–Trinajstić information content (AvgIpc) is 3.07. The van der Waals surface area contributed by atoms with Crippen molar-refractivity contribution in [2.24, 2.45) is 0 Å². The zero-order valence-corrected chi connectivity index (χ0v) is 18.7. The molecule has 0 bridgehead atoms. The molecule has 31 heavy (non-hydrogen) atoms. The lowest BCUT2D eigenvalue weighted by molar-refractivity contribution is -0.151. The highest BCUT2D eigenvalue weighted by atomic mass is 32.2. The van der Waals surface area contributed by atoms with Gasteiger partial charge >= 0.3 is 12.1 Å². The second-order valence-corrected chi connectivity index (χ2v) is 9.40. The summed E-state index contributed by atoms with van der Waals surface area (Å²) in [6.07, 6.45) is -1.28. The molecule has 0 saturated carbocycles. The summed E-state index contributed by atoms with van der Waals surface area (Å²) in [6.45, 7) is 7.41. The first-order chi connectivity index (χ1) is 14.5. The highest BCUT2D eigenvalue weighted by Gasteiger charge is 2.35. The van der Waals surface area contributed by atoms with Gasteiger partial charge in [-0.15, -0.1) is 10.2 Å². The van der Waals surface area contributed by atoms with Gasteiger partial charge in [-0.3, -0.25) is 14.3 Å². The van der Waals surface area contributed by atoms with Gasteiger partial charge in [0.25, 0.3) is 0 Å². The van der Waals surface area contributed by atoms with Crippen molar-refractivity contribution in [2.75, 3.05) is 18.8 Å². The maximum atomic E-state index is 13.7. The Morgan fingerprint density at radius 2 is 1.77 bits per heavy atom. The van der Waals surface area contributed by atoms with Crippen LogP contribution in [0.2, 0.25) is 0 Å². The third-order valence-electron chi connectivity index (χ3n) is 4.70. The van der Waals surface area contributed by atoms with Crippen molar-refractivity contribution in [3.05, 3.63) is 35.7 Å². The second kappa shape index (κ2) is 9.60. The standard InChI is InChI=1S/C21H27F3N4O2S/c1-20(2,3)30-18(29)14-31-19-26-25-17(13-27-11-7-4-8-12-27)28(19)16-10-6-5-9-15(16)21(22,23)24/h5-6,9-10H,4,7-8,11-14H2,1-3H3. The van der Waals surface area contributed by atoms with Gasteiger partial charge in [0, 0.05) is 0 Å². The molecule has 1 fully saturated rings. The van der Waals surface area contributed by atoms with Crippen molar-refractivity contribution in [1.82, 2.24) is 19.7 Å². The fourth-order valence-corrected chi connectivity index (χ4v) is 4.20. The van der Waals surface area contributed by atoms with Crippen LogP contribution in [0.3, 0.4) is 0 Å². The number of piperidine rings is 1. The molecule has 0 unspecified atom stereocenters. The number of alkyl halides is 3. The molecule has 3 rings (SSSR count). The van der Waals surface area contributed by atoms with Gasteiger partial charge in [-0.1, -0.05) is 30.3 Å². The molecule has 1 aliphatic heterocycles. The molecular weight excluding hydrogens is 429 g/mol. The number of hydrogen-bond acceptors (Lipinski definition) is 6. The molecule has 0 radical (unpaired) electrons. The third-order valence-corrected chi connectivity index (χ3v) is 5.61. The Morgan fingerprint density at radius 3 is 2.42 bits per heavy atom. The molecule has 1 saturated heterocycles. The summed E-state index contributed by atoms with van der Waals surface area (Å²) < 4.78 is 47.9. The number of benzene rings is 1. The zero-order valence-electron chi connectivity index (χ0n) is 17.9. The largest absolute Gasteiger partial charge is 0.459 e. The number of likely N-dealkylation sites (tertiary alicyclic amines) is 1. The molecule has 0 amide bonds. The lowest BCUT2D eigenvalue weighted by Gasteiger charge is -2.26. The number of rotatable bonds is 6. The smallest absolute Gasteiger partial charge is 0.418 e. The van der Waals surface area contributed by atoms with E-state index in [-0.39, 0.29) is 16.6 Å². The minimum atomic E-state index is -4.53. The van der Waals surface area contributed by atoms with E-state index < -0.39 is 23.3 Å². The van der Waals surface area contributed by atoms with Gasteiger partial charge in [0.1, 0.15) is 5.60 Å². The number of halogens is 3. The van der Waals surface area contributed by atoms with Crippen molar-refractivity contribution >= 4 is 17.7 Å². The molecule has 0 aliphatic carbocycles. The number of thioether (sulfide) groups is 1. The predicted molar refractivity (Wildman–Crippen MR) is 112 cm³/mol. The summed E-state index contributed by atoms with van der Waals surface area (Å²) in [5.41, 5.74) is -1.46. The van der Waals surface area contributed by atoms with Gasteiger partial charge in [-0.2, -0.15) is 13.2 Å². The Balaban J connectivity index is 1.94. The molecule has 6 nitrogen and oxygen atoms in total. The molecule has 0 spiro atoms. The van der Waals surface area contributed by atoms with Crippen molar-refractivity contribution < 1.29 is 22.7 Å². The fourth-order valence-electron chi connectivity index (χ4n) is 3.46. The lowest BCUT2D eigenvalue weighted by atomic mass is 10.1. The van der Waals surface area contributed by atoms with Crippen LogP contribution in [-0.2, 0) is 22.3 Å². The number of hydrogen-bond donors (Lipinski definition) is 0. The summed E-state index contributed by atoms with van der Waals surface area (Å²) in [7, 11) is 0. The summed E-state index contributed by atoms with van der Waals surface area (Å²) >= 11 is 1.02. The molecule has 0 N–H and O–H groups in total. The minimum Gasteiger partial charge on any atom is -0.459 e. The van der Waals surface area contributed by atoms with E-state index in [1.807, 2.05) is 0 Å². The van der Waals surface area contributed by atoms with Crippen LogP contribution in [0.15, 0.2) is 29.4 Å². The monoisotopic (exact) mass is 456 g/mol. The van der Waals surface area contributed by atoms with Crippen LogP contribution in [-0.4, -0.2) is 50.1 Å². The summed E-state index contributed by atoms with van der Waals surface area (Å²) in [4.78, 5) is 14.3. The van der Waals surface area contributed by atoms with E-state index in [2.05, 4.69) is 15.1 Å². The van der Waals surface area contributed by atoms with E-state index >= 15 is 0 Å². The number of esters is 1. The maximum Gasteiger partial charge on any atom is 0.418 e. The fraction of sp³-hybridized carbons (Fsp3) is 0.571. The second-order valence-electron chi connectivity index (χ2n) is 8.46. The van der Waals surface area contributed by atoms with Crippen LogP contribution in [0.4, 0.5) is 13.2 Å². The maximum absolute atomic E-state index is 13.7. The molecular formula is C21H27F3N4O2S.